The molecule has 218 valence electrons. The Morgan fingerprint density at radius 1 is 1.03 bits per heavy atom. The maximum Gasteiger partial charge on any atom is 0.329 e. The normalized spacial score (nSPS) is 29.9. The molecule has 0 radical (unpaired) electrons. The number of allylic oxidation sites excluding steroid dienone is 1. The van der Waals surface area contributed by atoms with E-state index < -0.39 is 41.9 Å². The highest BCUT2D eigenvalue weighted by Crippen LogP contribution is 2.29. The van der Waals surface area contributed by atoms with E-state index in [1.165, 1.54) is 30.4 Å². The van der Waals surface area contributed by atoms with Crippen LogP contribution in [0.3, 0.4) is 0 Å². The molecule has 0 spiro atoms. The van der Waals surface area contributed by atoms with Gasteiger partial charge in [0, 0.05) is 48.9 Å². The summed E-state index contributed by atoms with van der Waals surface area (Å²) in [6.45, 7) is 10.6. The molecule has 39 heavy (non-hydrogen) atoms. The molecule has 9 nitrogen and oxygen atoms in total. The maximum atomic E-state index is 13.3. The molecule has 0 aromatic rings. The summed E-state index contributed by atoms with van der Waals surface area (Å²) in [6, 6.07) is -1.71. The zero-order valence-electron chi connectivity index (χ0n) is 23.7. The molecule has 2 bridgehead atoms. The molecule has 2 aliphatic heterocycles. The van der Waals surface area contributed by atoms with Gasteiger partial charge in [0.2, 0.25) is 11.8 Å². The fraction of sp³-hybridized carbons (Fsp3) is 0.714. The van der Waals surface area contributed by atoms with Crippen LogP contribution in [0.25, 0.3) is 0 Å². The largest absolute Gasteiger partial charge is 0.456 e. The third-order valence-corrected chi connectivity index (χ3v) is 9.23. The van der Waals surface area contributed by atoms with Gasteiger partial charge < -0.3 is 15.4 Å². The van der Waals surface area contributed by atoms with E-state index in [-0.39, 0.29) is 58.9 Å². The van der Waals surface area contributed by atoms with Crippen LogP contribution in [-0.4, -0.2) is 69.4 Å². The Hall–Kier alpha value is -2.14. The summed E-state index contributed by atoms with van der Waals surface area (Å²) in [7, 11) is 0. The van der Waals surface area contributed by atoms with Gasteiger partial charge in [0.1, 0.15) is 17.9 Å². The minimum absolute atomic E-state index is 0.00200. The lowest BCUT2D eigenvalue weighted by Gasteiger charge is -2.27. The molecule has 2 amide bonds. The van der Waals surface area contributed by atoms with E-state index in [1.807, 2.05) is 20.8 Å². The van der Waals surface area contributed by atoms with Crippen LogP contribution in [-0.2, 0) is 33.5 Å². The molecule has 2 rings (SSSR count). The zero-order chi connectivity index (χ0) is 29.3. The molecule has 0 aromatic heterocycles. The summed E-state index contributed by atoms with van der Waals surface area (Å²) >= 11 is 2.61. The van der Waals surface area contributed by atoms with E-state index in [9.17, 15) is 28.8 Å². The first-order chi connectivity index (χ1) is 18.3. The maximum absolute atomic E-state index is 13.3. The number of esters is 1. The summed E-state index contributed by atoms with van der Waals surface area (Å²) in [5.74, 6) is -2.83. The van der Waals surface area contributed by atoms with Gasteiger partial charge in [-0.25, -0.2) is 4.79 Å². The number of hydrogen-bond acceptors (Lipinski definition) is 9. The van der Waals surface area contributed by atoms with Gasteiger partial charge in [0.25, 0.3) is 0 Å². The Bertz CT molecular complexity index is 966. The van der Waals surface area contributed by atoms with Crippen molar-refractivity contribution < 1.29 is 33.5 Å². The van der Waals surface area contributed by atoms with Gasteiger partial charge >= 0.3 is 5.97 Å². The topological polar surface area (TPSA) is 136 Å². The predicted molar refractivity (Wildman–Crippen MR) is 153 cm³/mol. The van der Waals surface area contributed by atoms with Crippen LogP contribution in [0.1, 0.15) is 67.2 Å². The highest BCUT2D eigenvalue weighted by Gasteiger charge is 2.39. The van der Waals surface area contributed by atoms with Crippen molar-refractivity contribution in [2.75, 3.05) is 11.5 Å². The highest BCUT2D eigenvalue weighted by atomic mass is 32.2. The Kier molecular flexibility index (Phi) is 13.2. The number of carbonyl (C=O) groups is 6. The first-order valence-corrected chi connectivity index (χ1v) is 15.6. The lowest BCUT2D eigenvalue weighted by molar-refractivity contribution is -0.153. The van der Waals surface area contributed by atoms with Gasteiger partial charge in [-0.05, 0) is 24.3 Å². The van der Waals surface area contributed by atoms with E-state index in [0.29, 0.717) is 17.9 Å². The van der Waals surface area contributed by atoms with Crippen molar-refractivity contribution >= 4 is 58.0 Å². The fourth-order valence-corrected chi connectivity index (χ4v) is 6.28. The molecule has 0 aromatic carbocycles. The third-order valence-electron chi connectivity index (χ3n) is 7.00. The number of nitrogens with one attached hydrogen (secondary N) is 2. The third kappa shape index (κ3) is 10.4. The van der Waals surface area contributed by atoms with Crippen LogP contribution in [0, 0.1) is 23.7 Å². The molecule has 6 atom stereocenters. The quantitative estimate of drug-likeness (QED) is 0.275. The summed E-state index contributed by atoms with van der Waals surface area (Å²) in [4.78, 5) is 77.2. The van der Waals surface area contributed by atoms with Crippen LogP contribution >= 0.6 is 23.5 Å². The van der Waals surface area contributed by atoms with Crippen molar-refractivity contribution in [2.24, 2.45) is 23.7 Å². The van der Waals surface area contributed by atoms with Crippen molar-refractivity contribution in [1.29, 1.82) is 0 Å². The lowest BCUT2D eigenvalue weighted by Crippen LogP contribution is -2.50. The van der Waals surface area contributed by atoms with Gasteiger partial charge in [0.15, 0.2) is 10.9 Å². The first kappa shape index (κ1) is 33.1. The number of ketones is 2. The van der Waals surface area contributed by atoms with E-state index in [2.05, 4.69) is 10.6 Å². The smallest absolute Gasteiger partial charge is 0.329 e. The molecule has 0 saturated carbocycles. The fourth-order valence-electron chi connectivity index (χ4n) is 4.52. The summed E-state index contributed by atoms with van der Waals surface area (Å²) < 4.78 is 5.74. The summed E-state index contributed by atoms with van der Waals surface area (Å²) in [6.07, 6.45) is 2.82. The molecular weight excluding hydrogens is 540 g/mol. The Balaban J connectivity index is 2.40. The number of thioether (sulfide) groups is 2. The van der Waals surface area contributed by atoms with E-state index >= 15 is 0 Å². The number of amides is 2. The molecule has 2 saturated heterocycles. The standard InChI is InChI=1S/C28H42N2O7S2/c1-15(2)21-12-19(32)11-20(9-7-8-10-38-18(6)31)37-28(36)25(16(3)4)30-27(35)22-13-24(33)23(29-26(21)34)14-39-17(22)5/h7,9,15-17,20-23,25H,8,10-14H2,1-6H3,(H,29,34)(H,30,35)/b9-7+/t17?,20-,21-,22?,23-,25+/m1/s1. The number of fused-ring (bicyclic) bond motifs is 3. The molecule has 11 heteroatoms. The molecule has 0 aliphatic carbocycles. The number of hydrogen-bond donors (Lipinski definition) is 2. The lowest BCUT2D eigenvalue weighted by atomic mass is 9.88. The summed E-state index contributed by atoms with van der Waals surface area (Å²) in [5, 5.41) is 5.43. The van der Waals surface area contributed by atoms with Crippen LogP contribution in [0.4, 0.5) is 0 Å². The number of carbonyl (C=O) groups excluding carboxylic acids is 6. The van der Waals surface area contributed by atoms with Crippen molar-refractivity contribution in [3.63, 3.8) is 0 Å². The zero-order valence-corrected chi connectivity index (χ0v) is 25.3. The Morgan fingerprint density at radius 2 is 1.72 bits per heavy atom. The Morgan fingerprint density at radius 3 is 2.33 bits per heavy atom. The van der Waals surface area contributed by atoms with Crippen molar-refractivity contribution in [1.82, 2.24) is 10.6 Å². The second-order valence-electron chi connectivity index (χ2n) is 10.9. The van der Waals surface area contributed by atoms with Crippen LogP contribution in [0.5, 0.6) is 0 Å². The first-order valence-electron chi connectivity index (χ1n) is 13.6. The van der Waals surface area contributed by atoms with Gasteiger partial charge in [-0.3, -0.25) is 24.0 Å². The SMILES string of the molecule is CC(=O)SCC/C=C/[C@@H]1CC(=O)C[C@H](C(C)C)C(=O)N[C@@H]2CSC(C)C(CC2=O)C(=O)N[C@@H](C(C)C)C(=O)O1. The van der Waals surface area contributed by atoms with E-state index in [0.717, 1.165) is 0 Å². The van der Waals surface area contributed by atoms with Gasteiger partial charge in [0.05, 0.1) is 12.0 Å². The van der Waals surface area contributed by atoms with Crippen LogP contribution < -0.4 is 10.6 Å². The van der Waals surface area contributed by atoms with E-state index in [4.69, 9.17) is 4.74 Å². The van der Waals surface area contributed by atoms with Crippen molar-refractivity contribution in [3.8, 4) is 0 Å². The minimum atomic E-state index is -0.959. The van der Waals surface area contributed by atoms with Gasteiger partial charge in [-0.15, -0.1) is 0 Å². The molecule has 2 heterocycles. The Labute approximate surface area is 239 Å². The molecule has 2 N–H and O–H groups in total. The molecule has 2 fully saturated rings. The van der Waals surface area contributed by atoms with Gasteiger partial charge in [-0.1, -0.05) is 52.5 Å². The molecule has 2 unspecified atom stereocenters. The van der Waals surface area contributed by atoms with Crippen molar-refractivity contribution in [2.45, 2.75) is 90.7 Å². The predicted octanol–water partition coefficient (Wildman–Crippen LogP) is 3.10. The number of Topliss-reactive ketones (excluding diaryl/α,β-unsaturated/α-hetero) is 2. The average molecular weight is 583 g/mol. The van der Waals surface area contributed by atoms with Crippen LogP contribution in [0.15, 0.2) is 12.2 Å². The second kappa shape index (κ2) is 15.6. The number of rotatable bonds is 6. The number of ether oxygens (including phenoxy) is 1. The summed E-state index contributed by atoms with van der Waals surface area (Å²) in [5.41, 5.74) is 0. The van der Waals surface area contributed by atoms with E-state index in [1.54, 1.807) is 26.0 Å². The average Bonchev–Trinajstić information content (AvgIpc) is 2.97. The minimum Gasteiger partial charge on any atom is -0.456 e. The molecular formula is C28H42N2O7S2. The monoisotopic (exact) mass is 582 g/mol. The van der Waals surface area contributed by atoms with Gasteiger partial charge in [-0.2, -0.15) is 11.8 Å². The second-order valence-corrected chi connectivity index (χ2v) is 13.6. The van der Waals surface area contributed by atoms with Crippen molar-refractivity contribution in [3.05, 3.63) is 12.2 Å². The van der Waals surface area contributed by atoms with Crippen LogP contribution in [0.2, 0.25) is 0 Å². The molecule has 2 aliphatic rings. The highest BCUT2D eigenvalue weighted by molar-refractivity contribution is 8.13. The number of cyclic esters (lactones) is 1.